The van der Waals surface area contributed by atoms with Crippen LogP contribution < -0.4 is 9.47 Å². The number of hydrogen-bond acceptors (Lipinski definition) is 5. The lowest BCUT2D eigenvalue weighted by Crippen LogP contribution is -2.37. The van der Waals surface area contributed by atoms with Crippen molar-refractivity contribution in [2.24, 2.45) is 5.92 Å². The van der Waals surface area contributed by atoms with E-state index in [4.69, 9.17) is 4.74 Å². The third kappa shape index (κ3) is 8.00. The smallest absolute Gasteiger partial charge is 0.387 e. The molecule has 0 aliphatic heterocycles. The highest BCUT2D eigenvalue weighted by Crippen LogP contribution is 2.30. The fourth-order valence-corrected chi connectivity index (χ4v) is 2.50. The molecule has 1 aromatic rings. The first-order valence-electron chi connectivity index (χ1n) is 8.94. The minimum Gasteiger partial charge on any atom is -0.465 e. The van der Waals surface area contributed by atoms with Gasteiger partial charge >= 0.3 is 19.2 Å². The molecule has 0 aromatic heterocycles. The lowest BCUT2D eigenvalue weighted by atomic mass is 10.1. The molecule has 29 heavy (non-hydrogen) atoms. The topological polar surface area (TPSA) is 65.1 Å². The van der Waals surface area contributed by atoms with E-state index in [1.165, 1.54) is 17.0 Å². The minimum absolute atomic E-state index is 0.0581. The zero-order valence-electron chi connectivity index (χ0n) is 15.7. The molecule has 0 bridgehead atoms. The van der Waals surface area contributed by atoms with Crippen molar-refractivity contribution >= 4 is 18.0 Å². The number of carbonyl (C=O) groups excluding carboxylic acids is 2. The van der Waals surface area contributed by atoms with Crippen LogP contribution in [0.2, 0.25) is 0 Å². The lowest BCUT2D eigenvalue weighted by molar-refractivity contribution is -0.147. The number of nitrogens with zero attached hydrogens (tertiary/aromatic N) is 1. The molecular weight excluding hydrogens is 398 g/mol. The Morgan fingerprint density at radius 1 is 1.17 bits per heavy atom. The second-order valence-electron chi connectivity index (χ2n) is 6.26. The van der Waals surface area contributed by atoms with Crippen molar-refractivity contribution in [1.29, 1.82) is 0 Å². The first-order valence-corrected chi connectivity index (χ1v) is 8.94. The maximum absolute atomic E-state index is 12.6. The maximum Gasteiger partial charge on any atom is 0.387 e. The van der Waals surface area contributed by atoms with Crippen LogP contribution in [0.3, 0.4) is 0 Å². The van der Waals surface area contributed by atoms with Gasteiger partial charge in [0.15, 0.2) is 0 Å². The molecule has 1 aliphatic rings. The third-order valence-electron chi connectivity index (χ3n) is 3.94. The first kappa shape index (κ1) is 22.5. The van der Waals surface area contributed by atoms with Gasteiger partial charge in [-0.05, 0) is 43.9 Å². The summed E-state index contributed by atoms with van der Waals surface area (Å²) in [6.45, 7) is -4.34. The highest BCUT2D eigenvalue weighted by molar-refractivity contribution is 5.94. The van der Waals surface area contributed by atoms with Crippen LogP contribution in [0.15, 0.2) is 24.3 Å². The Morgan fingerprint density at radius 2 is 1.86 bits per heavy atom. The second kappa shape index (κ2) is 10.7. The van der Waals surface area contributed by atoms with E-state index in [1.807, 2.05) is 0 Å². The summed E-state index contributed by atoms with van der Waals surface area (Å²) < 4.78 is 63.2. The quantitative estimate of drug-likeness (QED) is 0.311. The number of alkyl halides is 4. The highest BCUT2D eigenvalue weighted by Gasteiger charge is 2.27. The van der Waals surface area contributed by atoms with Crippen LogP contribution in [0.5, 0.6) is 11.5 Å². The van der Waals surface area contributed by atoms with Crippen molar-refractivity contribution in [1.82, 2.24) is 4.90 Å². The van der Waals surface area contributed by atoms with Crippen LogP contribution in [0.25, 0.3) is 6.08 Å². The molecule has 0 unspecified atom stereocenters. The van der Waals surface area contributed by atoms with Crippen LogP contribution in [-0.2, 0) is 14.3 Å². The van der Waals surface area contributed by atoms with Gasteiger partial charge in [-0.3, -0.25) is 9.59 Å². The standard InChI is InChI=1S/C19H21F4NO5/c1-2-27-17(26)11-24(10-12-3-4-12)16(25)8-6-13-5-7-14(28-18(20)21)9-15(13)29-19(22)23/h5-9,12,18-19H,2-4,10-11H2,1H3/b8-6+. The van der Waals surface area contributed by atoms with Gasteiger partial charge < -0.3 is 19.1 Å². The molecule has 0 atom stereocenters. The number of halogens is 4. The number of rotatable bonds is 11. The molecule has 1 amide bonds. The van der Waals surface area contributed by atoms with E-state index in [2.05, 4.69) is 9.47 Å². The highest BCUT2D eigenvalue weighted by atomic mass is 19.3. The zero-order valence-corrected chi connectivity index (χ0v) is 15.7. The number of carbonyl (C=O) groups is 2. The molecule has 1 aliphatic carbocycles. The van der Waals surface area contributed by atoms with Gasteiger partial charge in [-0.1, -0.05) is 0 Å². The van der Waals surface area contributed by atoms with Crippen molar-refractivity contribution in [3.05, 3.63) is 29.8 Å². The zero-order chi connectivity index (χ0) is 21.4. The fraction of sp³-hybridized carbons (Fsp3) is 0.474. The molecule has 6 nitrogen and oxygen atoms in total. The average Bonchev–Trinajstić information content (AvgIpc) is 3.43. The summed E-state index contributed by atoms with van der Waals surface area (Å²) in [4.78, 5) is 25.5. The van der Waals surface area contributed by atoms with E-state index < -0.39 is 30.8 Å². The maximum atomic E-state index is 12.6. The summed E-state index contributed by atoms with van der Waals surface area (Å²) in [6.07, 6.45) is 4.21. The van der Waals surface area contributed by atoms with Gasteiger partial charge in [0.1, 0.15) is 18.0 Å². The SMILES string of the molecule is CCOC(=O)CN(CC1CC1)C(=O)/C=C/c1ccc(OC(F)F)cc1OC(F)F. The summed E-state index contributed by atoms with van der Waals surface area (Å²) in [7, 11) is 0. The molecule has 2 rings (SSSR count). The van der Waals surface area contributed by atoms with Crippen LogP contribution in [0, 0.1) is 5.92 Å². The van der Waals surface area contributed by atoms with Gasteiger partial charge in [0, 0.05) is 24.3 Å². The van der Waals surface area contributed by atoms with Crippen LogP contribution in [0.4, 0.5) is 17.6 Å². The van der Waals surface area contributed by atoms with E-state index in [9.17, 15) is 27.2 Å². The summed E-state index contributed by atoms with van der Waals surface area (Å²) >= 11 is 0. The largest absolute Gasteiger partial charge is 0.465 e. The number of benzene rings is 1. The van der Waals surface area contributed by atoms with Crippen molar-refractivity contribution in [2.45, 2.75) is 33.0 Å². The predicted molar refractivity (Wildman–Crippen MR) is 94.7 cm³/mol. The Hall–Kier alpha value is -2.78. The molecule has 160 valence electrons. The van der Waals surface area contributed by atoms with Crippen LogP contribution in [0.1, 0.15) is 25.3 Å². The second-order valence-corrected chi connectivity index (χ2v) is 6.26. The molecule has 1 aromatic carbocycles. The molecule has 1 saturated carbocycles. The Bertz CT molecular complexity index is 737. The van der Waals surface area contributed by atoms with Crippen LogP contribution in [-0.4, -0.2) is 49.7 Å². The number of esters is 1. The molecule has 1 fully saturated rings. The Kier molecular flexibility index (Phi) is 8.29. The van der Waals surface area contributed by atoms with Crippen molar-refractivity contribution < 1.29 is 41.4 Å². The average molecular weight is 419 g/mol. The molecule has 0 radical (unpaired) electrons. The molecule has 0 N–H and O–H groups in total. The van der Waals surface area contributed by atoms with Gasteiger partial charge in [-0.2, -0.15) is 17.6 Å². The summed E-state index contributed by atoms with van der Waals surface area (Å²) in [5.74, 6) is -1.55. The van der Waals surface area contributed by atoms with E-state index in [-0.39, 0.29) is 24.5 Å². The van der Waals surface area contributed by atoms with Crippen LogP contribution >= 0.6 is 0 Å². The van der Waals surface area contributed by atoms with Gasteiger partial charge in [0.25, 0.3) is 0 Å². The van der Waals surface area contributed by atoms with Crippen molar-refractivity contribution in [3.8, 4) is 11.5 Å². The number of amides is 1. The van der Waals surface area contributed by atoms with Gasteiger partial charge in [0.05, 0.1) is 6.61 Å². The molecule has 0 saturated heterocycles. The van der Waals surface area contributed by atoms with Crippen molar-refractivity contribution in [3.63, 3.8) is 0 Å². The normalized spacial score (nSPS) is 13.8. The predicted octanol–water partition coefficient (Wildman–Crippen LogP) is 3.70. The minimum atomic E-state index is -3.20. The fourth-order valence-electron chi connectivity index (χ4n) is 2.50. The Labute approximate surface area is 165 Å². The summed E-state index contributed by atoms with van der Waals surface area (Å²) in [6, 6.07) is 3.22. The lowest BCUT2D eigenvalue weighted by Gasteiger charge is -2.20. The van der Waals surface area contributed by atoms with E-state index in [1.54, 1.807) is 6.92 Å². The third-order valence-corrected chi connectivity index (χ3v) is 3.94. The van der Waals surface area contributed by atoms with Gasteiger partial charge in [-0.25, -0.2) is 0 Å². The Morgan fingerprint density at radius 3 is 2.45 bits per heavy atom. The molecule has 0 heterocycles. The van der Waals surface area contributed by atoms with E-state index in [0.29, 0.717) is 12.5 Å². The summed E-state index contributed by atoms with van der Waals surface area (Å²) in [5.41, 5.74) is 0.0581. The first-order chi connectivity index (χ1) is 13.8. The monoisotopic (exact) mass is 419 g/mol. The van der Waals surface area contributed by atoms with Gasteiger partial charge in [-0.15, -0.1) is 0 Å². The van der Waals surface area contributed by atoms with Crippen molar-refractivity contribution in [2.75, 3.05) is 19.7 Å². The van der Waals surface area contributed by atoms with E-state index >= 15 is 0 Å². The molecule has 10 heteroatoms. The van der Waals surface area contributed by atoms with Gasteiger partial charge in [0.2, 0.25) is 5.91 Å². The number of ether oxygens (including phenoxy) is 3. The Balaban J connectivity index is 2.15. The number of hydrogen-bond donors (Lipinski definition) is 0. The molecule has 0 spiro atoms. The van der Waals surface area contributed by atoms with E-state index in [0.717, 1.165) is 31.1 Å². The summed E-state index contributed by atoms with van der Waals surface area (Å²) in [5, 5.41) is 0. The molecular formula is C19H21F4NO5.